The molecule has 0 heterocycles. The minimum Gasteiger partial charge on any atom is -0.494 e. The minimum atomic E-state index is -0.401. The van der Waals surface area contributed by atoms with E-state index in [1.807, 2.05) is 19.9 Å². The molecule has 0 aliphatic carbocycles. The lowest BCUT2D eigenvalue weighted by Crippen LogP contribution is -2.48. The van der Waals surface area contributed by atoms with Gasteiger partial charge in [0, 0.05) is 15.6 Å². The Morgan fingerprint density at radius 1 is 1.07 bits per heavy atom. The molecule has 142 valence electrons. The third kappa shape index (κ3) is 6.33. The van der Waals surface area contributed by atoms with Crippen LogP contribution in [0.1, 0.15) is 39.6 Å². The smallest absolute Gasteiger partial charge is 0.269 e. The molecular weight excluding hydrogens is 430 g/mol. The monoisotopic (exact) mass is 449 g/mol. The van der Waals surface area contributed by atoms with E-state index in [4.69, 9.17) is 17.0 Å². The third-order valence-corrected chi connectivity index (χ3v) is 4.58. The molecule has 2 amide bonds. The van der Waals surface area contributed by atoms with Crippen LogP contribution in [-0.2, 0) is 0 Å². The molecule has 27 heavy (non-hydrogen) atoms. The molecule has 0 fully saturated rings. The first-order valence-corrected chi connectivity index (χ1v) is 9.51. The summed E-state index contributed by atoms with van der Waals surface area (Å²) in [6.45, 7) is 4.51. The molecule has 0 aliphatic heterocycles. The van der Waals surface area contributed by atoms with E-state index in [0.29, 0.717) is 23.5 Å². The topological polar surface area (TPSA) is 79.5 Å². The summed E-state index contributed by atoms with van der Waals surface area (Å²) < 4.78 is 6.34. The molecule has 2 rings (SSSR count). The van der Waals surface area contributed by atoms with Gasteiger partial charge in [0.2, 0.25) is 0 Å². The predicted molar refractivity (Wildman–Crippen MR) is 112 cm³/mol. The minimum absolute atomic E-state index is 0.0144. The fourth-order valence-electron chi connectivity index (χ4n) is 2.07. The highest BCUT2D eigenvalue weighted by atomic mass is 79.9. The molecule has 0 saturated heterocycles. The van der Waals surface area contributed by atoms with Crippen molar-refractivity contribution >= 4 is 45.1 Å². The maximum atomic E-state index is 12.3. The van der Waals surface area contributed by atoms with Crippen LogP contribution in [-0.4, -0.2) is 23.5 Å². The van der Waals surface area contributed by atoms with Gasteiger partial charge in [-0.15, -0.1) is 0 Å². The fraction of sp³-hybridized carbons (Fsp3) is 0.211. The molecule has 0 bridgehead atoms. The molecule has 0 unspecified atom stereocenters. The van der Waals surface area contributed by atoms with Crippen LogP contribution >= 0.6 is 28.1 Å². The van der Waals surface area contributed by atoms with Gasteiger partial charge in [-0.25, -0.2) is 0 Å². The van der Waals surface area contributed by atoms with Crippen molar-refractivity contribution in [3.63, 3.8) is 0 Å². The zero-order valence-corrected chi connectivity index (χ0v) is 17.4. The molecule has 0 aromatic heterocycles. The SMILES string of the molecule is CCCOc1cccc(C(=O)NC(=S)NNC(=O)c2ccc(C)c(Br)c2)c1. The lowest BCUT2D eigenvalue weighted by Gasteiger charge is -2.12. The van der Waals surface area contributed by atoms with Crippen molar-refractivity contribution in [1.29, 1.82) is 0 Å². The van der Waals surface area contributed by atoms with E-state index in [0.717, 1.165) is 16.5 Å². The lowest BCUT2D eigenvalue weighted by molar-refractivity contribution is 0.0934. The molecule has 0 spiro atoms. The Balaban J connectivity index is 1.88. The van der Waals surface area contributed by atoms with Crippen molar-refractivity contribution in [3.05, 3.63) is 63.6 Å². The zero-order chi connectivity index (χ0) is 19.8. The standard InChI is InChI=1S/C19H20BrN3O3S/c1-3-9-26-15-6-4-5-13(10-15)17(24)21-19(27)23-22-18(25)14-8-7-12(2)16(20)11-14/h4-8,10-11H,3,9H2,1-2H3,(H,22,25)(H2,21,23,24,27). The van der Waals surface area contributed by atoms with Gasteiger partial charge in [-0.3, -0.25) is 25.8 Å². The van der Waals surface area contributed by atoms with Gasteiger partial charge in [0.15, 0.2) is 5.11 Å². The van der Waals surface area contributed by atoms with Crippen LogP contribution < -0.4 is 20.9 Å². The van der Waals surface area contributed by atoms with E-state index in [1.54, 1.807) is 36.4 Å². The van der Waals surface area contributed by atoms with Crippen LogP contribution in [0, 0.1) is 6.92 Å². The summed E-state index contributed by atoms with van der Waals surface area (Å²) in [5.74, 6) is -0.161. The van der Waals surface area contributed by atoms with Crippen molar-refractivity contribution < 1.29 is 14.3 Å². The number of hydrogen-bond donors (Lipinski definition) is 3. The fourth-order valence-corrected chi connectivity index (χ4v) is 2.60. The molecular formula is C19H20BrN3O3S. The average molecular weight is 450 g/mol. The molecule has 0 aliphatic rings. The van der Waals surface area contributed by atoms with E-state index in [-0.39, 0.29) is 11.0 Å². The van der Waals surface area contributed by atoms with Gasteiger partial charge in [-0.2, -0.15) is 0 Å². The summed E-state index contributed by atoms with van der Waals surface area (Å²) in [5.41, 5.74) is 6.85. The van der Waals surface area contributed by atoms with Crippen molar-refractivity contribution in [2.75, 3.05) is 6.61 Å². The summed E-state index contributed by atoms with van der Waals surface area (Å²) >= 11 is 8.43. The summed E-state index contributed by atoms with van der Waals surface area (Å²) in [6, 6.07) is 12.0. The first kappa shape index (κ1) is 20.9. The number of ether oxygens (including phenoxy) is 1. The quantitative estimate of drug-likeness (QED) is 0.480. The van der Waals surface area contributed by atoms with E-state index < -0.39 is 5.91 Å². The summed E-state index contributed by atoms with van der Waals surface area (Å²) in [4.78, 5) is 24.4. The largest absolute Gasteiger partial charge is 0.494 e. The average Bonchev–Trinajstić information content (AvgIpc) is 2.66. The first-order chi connectivity index (χ1) is 12.9. The Hall–Kier alpha value is -2.45. The van der Waals surface area contributed by atoms with Gasteiger partial charge in [-0.1, -0.05) is 35.0 Å². The number of nitrogens with one attached hydrogen (secondary N) is 3. The summed E-state index contributed by atoms with van der Waals surface area (Å²) in [6.07, 6.45) is 0.877. The number of carbonyl (C=O) groups is 2. The van der Waals surface area contributed by atoms with Crippen LogP contribution in [0.15, 0.2) is 46.9 Å². The third-order valence-electron chi connectivity index (χ3n) is 3.52. The van der Waals surface area contributed by atoms with Crippen molar-refractivity contribution in [3.8, 4) is 5.75 Å². The highest BCUT2D eigenvalue weighted by Crippen LogP contribution is 2.17. The van der Waals surface area contributed by atoms with Crippen LogP contribution in [0.25, 0.3) is 0 Å². The Morgan fingerprint density at radius 2 is 1.81 bits per heavy atom. The van der Waals surface area contributed by atoms with E-state index in [1.165, 1.54) is 0 Å². The number of rotatable bonds is 5. The zero-order valence-electron chi connectivity index (χ0n) is 15.0. The number of thiocarbonyl (C=S) groups is 1. The normalized spacial score (nSPS) is 10.0. The molecule has 6 nitrogen and oxygen atoms in total. The maximum Gasteiger partial charge on any atom is 0.269 e. The van der Waals surface area contributed by atoms with Crippen LogP contribution in [0.2, 0.25) is 0 Å². The van der Waals surface area contributed by atoms with Crippen molar-refractivity contribution in [2.24, 2.45) is 0 Å². The molecule has 8 heteroatoms. The Morgan fingerprint density at radius 3 is 2.52 bits per heavy atom. The highest BCUT2D eigenvalue weighted by molar-refractivity contribution is 9.10. The molecule has 2 aromatic carbocycles. The number of carbonyl (C=O) groups excluding carboxylic acids is 2. The van der Waals surface area contributed by atoms with Crippen molar-refractivity contribution in [1.82, 2.24) is 16.2 Å². The highest BCUT2D eigenvalue weighted by Gasteiger charge is 2.11. The molecule has 0 radical (unpaired) electrons. The Labute approximate surface area is 171 Å². The van der Waals surface area contributed by atoms with Gasteiger partial charge in [0.1, 0.15) is 5.75 Å². The second-order valence-electron chi connectivity index (χ2n) is 5.70. The summed E-state index contributed by atoms with van der Waals surface area (Å²) in [7, 11) is 0. The summed E-state index contributed by atoms with van der Waals surface area (Å²) in [5, 5.41) is 2.49. The first-order valence-electron chi connectivity index (χ1n) is 8.31. The van der Waals surface area contributed by atoms with Gasteiger partial charge in [0.25, 0.3) is 11.8 Å². The lowest BCUT2D eigenvalue weighted by atomic mass is 10.1. The molecule has 0 atom stereocenters. The molecule has 3 N–H and O–H groups in total. The maximum absolute atomic E-state index is 12.3. The number of benzene rings is 2. The van der Waals surface area contributed by atoms with E-state index >= 15 is 0 Å². The van der Waals surface area contributed by atoms with Crippen LogP contribution in [0.4, 0.5) is 0 Å². The number of aryl methyl sites for hydroxylation is 1. The van der Waals surface area contributed by atoms with Gasteiger partial charge >= 0.3 is 0 Å². The Kier molecular flexibility index (Phi) is 7.75. The predicted octanol–water partition coefficient (Wildman–Crippen LogP) is 3.50. The van der Waals surface area contributed by atoms with Crippen molar-refractivity contribution in [2.45, 2.75) is 20.3 Å². The Bertz CT molecular complexity index is 858. The molecule has 0 saturated carbocycles. The number of hydrazine groups is 1. The van der Waals surface area contributed by atoms with E-state index in [9.17, 15) is 9.59 Å². The van der Waals surface area contributed by atoms with Gasteiger partial charge < -0.3 is 4.74 Å². The van der Waals surface area contributed by atoms with Gasteiger partial charge in [-0.05, 0) is 61.5 Å². The molecule has 2 aromatic rings. The second kappa shape index (κ2) is 10.0. The van der Waals surface area contributed by atoms with Crippen LogP contribution in [0.3, 0.4) is 0 Å². The van der Waals surface area contributed by atoms with E-state index in [2.05, 4.69) is 32.1 Å². The van der Waals surface area contributed by atoms with Gasteiger partial charge in [0.05, 0.1) is 6.61 Å². The van der Waals surface area contributed by atoms with Crippen LogP contribution in [0.5, 0.6) is 5.75 Å². The number of halogens is 1. The second-order valence-corrected chi connectivity index (χ2v) is 6.97. The number of hydrogen-bond acceptors (Lipinski definition) is 4. The number of amides is 2.